The first-order valence-electron chi connectivity index (χ1n) is 6.46. The van der Waals surface area contributed by atoms with Crippen LogP contribution in [0.1, 0.15) is 12.5 Å². The van der Waals surface area contributed by atoms with Gasteiger partial charge in [0, 0.05) is 7.11 Å². The van der Waals surface area contributed by atoms with E-state index in [1.165, 1.54) is 13.2 Å². The van der Waals surface area contributed by atoms with Gasteiger partial charge in [-0.25, -0.2) is 4.79 Å². The molecule has 1 heterocycles. The number of hydrogen-bond donors (Lipinski definition) is 0. The fraction of sp³-hybridized carbons (Fsp3) is 0.333. The van der Waals surface area contributed by atoms with Gasteiger partial charge in [0.05, 0.1) is 11.1 Å². The molecule has 1 aliphatic rings. The second kappa shape index (κ2) is 7.29. The molecule has 0 N–H and O–H groups in total. The SMILES string of the molecule is COC[C@@H](C)OC(=O)/C(C#N)=C/c1cc(Br)c2c(c1)OCO2. The maximum absolute atomic E-state index is 11.9. The van der Waals surface area contributed by atoms with E-state index in [9.17, 15) is 4.79 Å². The van der Waals surface area contributed by atoms with E-state index in [-0.39, 0.29) is 19.0 Å². The van der Waals surface area contributed by atoms with Crippen molar-refractivity contribution in [3.05, 3.63) is 27.7 Å². The molecule has 1 atom stereocenters. The van der Waals surface area contributed by atoms with E-state index in [1.807, 2.05) is 6.07 Å². The van der Waals surface area contributed by atoms with Gasteiger partial charge in [-0.1, -0.05) is 0 Å². The lowest BCUT2D eigenvalue weighted by molar-refractivity contribution is -0.145. The molecule has 1 aromatic rings. The fourth-order valence-corrected chi connectivity index (χ4v) is 2.46. The molecule has 116 valence electrons. The molecule has 0 bridgehead atoms. The number of halogens is 1. The Morgan fingerprint density at radius 1 is 1.55 bits per heavy atom. The molecule has 0 aromatic heterocycles. The van der Waals surface area contributed by atoms with Crippen molar-refractivity contribution < 1.29 is 23.7 Å². The highest BCUT2D eigenvalue weighted by molar-refractivity contribution is 9.10. The summed E-state index contributed by atoms with van der Waals surface area (Å²) in [4.78, 5) is 11.9. The predicted octanol–water partition coefficient (Wildman–Crippen LogP) is 2.66. The molecule has 7 heteroatoms. The Kier molecular flexibility index (Phi) is 5.41. The lowest BCUT2D eigenvalue weighted by Gasteiger charge is -2.11. The molecule has 2 rings (SSSR count). The van der Waals surface area contributed by atoms with Crippen LogP contribution < -0.4 is 9.47 Å². The van der Waals surface area contributed by atoms with Crippen LogP contribution in [-0.2, 0) is 14.3 Å². The third-order valence-corrected chi connectivity index (χ3v) is 3.40. The number of benzene rings is 1. The van der Waals surface area contributed by atoms with Crippen molar-refractivity contribution in [2.75, 3.05) is 20.5 Å². The summed E-state index contributed by atoms with van der Waals surface area (Å²) in [5.41, 5.74) is 0.526. The molecule has 6 nitrogen and oxygen atoms in total. The largest absolute Gasteiger partial charge is 0.456 e. The van der Waals surface area contributed by atoms with Gasteiger partial charge >= 0.3 is 5.97 Å². The van der Waals surface area contributed by atoms with Crippen LogP contribution in [-0.4, -0.2) is 32.6 Å². The number of carbonyl (C=O) groups excluding carboxylic acids is 1. The van der Waals surface area contributed by atoms with Crippen molar-refractivity contribution in [1.29, 1.82) is 5.26 Å². The van der Waals surface area contributed by atoms with Gasteiger partial charge in [0.15, 0.2) is 11.5 Å². The van der Waals surface area contributed by atoms with Gasteiger partial charge < -0.3 is 18.9 Å². The standard InChI is InChI=1S/C15H14BrNO5/c1-9(7-19-2)22-15(18)11(6-17)3-10-4-12(16)14-13(5-10)20-8-21-14/h3-5,9H,7-8H2,1-2H3/b11-3+/t9-/m1/s1. The summed E-state index contributed by atoms with van der Waals surface area (Å²) >= 11 is 3.36. The highest BCUT2D eigenvalue weighted by atomic mass is 79.9. The van der Waals surface area contributed by atoms with Crippen molar-refractivity contribution in [1.82, 2.24) is 0 Å². The highest BCUT2D eigenvalue weighted by Crippen LogP contribution is 2.40. The number of esters is 1. The van der Waals surface area contributed by atoms with Crippen molar-refractivity contribution >= 4 is 28.0 Å². The number of rotatable bonds is 5. The number of fused-ring (bicyclic) bond motifs is 1. The summed E-state index contributed by atoms with van der Waals surface area (Å²) in [6.45, 7) is 2.09. The van der Waals surface area contributed by atoms with Crippen molar-refractivity contribution in [3.63, 3.8) is 0 Å². The van der Waals surface area contributed by atoms with Gasteiger partial charge in [-0.3, -0.25) is 0 Å². The van der Waals surface area contributed by atoms with E-state index in [0.29, 0.717) is 21.5 Å². The van der Waals surface area contributed by atoms with E-state index in [2.05, 4.69) is 15.9 Å². The summed E-state index contributed by atoms with van der Waals surface area (Å²) in [6.07, 6.45) is 1.01. The highest BCUT2D eigenvalue weighted by Gasteiger charge is 2.19. The maximum atomic E-state index is 11.9. The molecular weight excluding hydrogens is 354 g/mol. The number of methoxy groups -OCH3 is 1. The van der Waals surface area contributed by atoms with E-state index >= 15 is 0 Å². The summed E-state index contributed by atoms with van der Waals surface area (Å²) in [5.74, 6) is 0.465. The lowest BCUT2D eigenvalue weighted by atomic mass is 10.1. The summed E-state index contributed by atoms with van der Waals surface area (Å²) in [6, 6.07) is 5.27. The average Bonchev–Trinajstić information content (AvgIpc) is 2.93. The van der Waals surface area contributed by atoms with Crippen LogP contribution in [0.15, 0.2) is 22.2 Å². The summed E-state index contributed by atoms with van der Waals surface area (Å²) in [5, 5.41) is 9.15. The van der Waals surface area contributed by atoms with Crippen LogP contribution in [0.3, 0.4) is 0 Å². The minimum Gasteiger partial charge on any atom is -0.456 e. The quantitative estimate of drug-likeness (QED) is 0.452. The average molecular weight is 368 g/mol. The van der Waals surface area contributed by atoms with Gasteiger partial charge in [-0.15, -0.1) is 0 Å². The van der Waals surface area contributed by atoms with Crippen LogP contribution in [0, 0.1) is 11.3 Å². The molecule has 0 spiro atoms. The van der Waals surface area contributed by atoms with Gasteiger partial charge in [0.2, 0.25) is 6.79 Å². The number of nitrogens with zero attached hydrogens (tertiary/aromatic N) is 1. The third kappa shape index (κ3) is 3.78. The second-order valence-corrected chi connectivity index (χ2v) is 5.43. The normalized spacial score (nSPS) is 14.4. The maximum Gasteiger partial charge on any atom is 0.349 e. The molecule has 1 aromatic carbocycles. The Bertz CT molecular complexity index is 650. The number of hydrogen-bond acceptors (Lipinski definition) is 6. The Morgan fingerprint density at radius 3 is 3.00 bits per heavy atom. The van der Waals surface area contributed by atoms with Gasteiger partial charge in [0.1, 0.15) is 17.7 Å². The molecule has 0 radical (unpaired) electrons. The zero-order valence-electron chi connectivity index (χ0n) is 12.1. The zero-order valence-corrected chi connectivity index (χ0v) is 13.7. The second-order valence-electron chi connectivity index (χ2n) is 4.58. The van der Waals surface area contributed by atoms with Crippen molar-refractivity contribution in [2.24, 2.45) is 0 Å². The Labute approximate surface area is 136 Å². The lowest BCUT2D eigenvalue weighted by Crippen LogP contribution is -2.20. The zero-order chi connectivity index (χ0) is 16.1. The van der Waals surface area contributed by atoms with Gasteiger partial charge in [-0.05, 0) is 46.6 Å². The van der Waals surface area contributed by atoms with Gasteiger partial charge in [-0.2, -0.15) is 5.26 Å². The van der Waals surface area contributed by atoms with Crippen LogP contribution >= 0.6 is 15.9 Å². The number of ether oxygens (including phenoxy) is 4. The van der Waals surface area contributed by atoms with Gasteiger partial charge in [0.25, 0.3) is 0 Å². The minimum absolute atomic E-state index is 0.103. The minimum atomic E-state index is -0.694. The topological polar surface area (TPSA) is 77.8 Å². The molecule has 1 aliphatic heterocycles. The van der Waals surface area contributed by atoms with E-state index in [1.54, 1.807) is 19.1 Å². The first-order valence-corrected chi connectivity index (χ1v) is 7.25. The molecule has 0 amide bonds. The predicted molar refractivity (Wildman–Crippen MR) is 81.3 cm³/mol. The first-order chi connectivity index (χ1) is 10.5. The van der Waals surface area contributed by atoms with Crippen molar-refractivity contribution in [2.45, 2.75) is 13.0 Å². The Hall–Kier alpha value is -2.04. The first kappa shape index (κ1) is 16.3. The third-order valence-electron chi connectivity index (χ3n) is 2.81. The van der Waals surface area contributed by atoms with E-state index < -0.39 is 12.1 Å². The molecule has 0 fully saturated rings. The van der Waals surface area contributed by atoms with Crippen molar-refractivity contribution in [3.8, 4) is 17.6 Å². The molecule has 0 unspecified atom stereocenters. The molecule has 0 saturated heterocycles. The molecule has 0 saturated carbocycles. The van der Waals surface area contributed by atoms with Crippen LogP contribution in [0.2, 0.25) is 0 Å². The van der Waals surface area contributed by atoms with Crippen LogP contribution in [0.25, 0.3) is 6.08 Å². The fourth-order valence-electron chi connectivity index (χ4n) is 1.89. The summed E-state index contributed by atoms with van der Waals surface area (Å²) in [7, 11) is 1.51. The Morgan fingerprint density at radius 2 is 2.32 bits per heavy atom. The molecule has 22 heavy (non-hydrogen) atoms. The smallest absolute Gasteiger partial charge is 0.349 e. The molecule has 0 aliphatic carbocycles. The number of carbonyl (C=O) groups is 1. The Balaban J connectivity index is 2.21. The van der Waals surface area contributed by atoms with Crippen LogP contribution in [0.4, 0.5) is 0 Å². The number of nitriles is 1. The molecular formula is C15H14BrNO5. The summed E-state index contributed by atoms with van der Waals surface area (Å²) < 4.78 is 21.3. The van der Waals surface area contributed by atoms with E-state index in [4.69, 9.17) is 24.2 Å². The van der Waals surface area contributed by atoms with E-state index in [0.717, 1.165) is 0 Å². The monoisotopic (exact) mass is 367 g/mol. The van der Waals surface area contributed by atoms with Crippen LogP contribution in [0.5, 0.6) is 11.5 Å².